The lowest BCUT2D eigenvalue weighted by Crippen LogP contribution is -2.51. The van der Waals surface area contributed by atoms with Crippen LogP contribution in [-0.4, -0.2) is 42.9 Å². The zero-order valence-electron chi connectivity index (χ0n) is 12.8. The topological polar surface area (TPSA) is 86.7 Å². The quantitative estimate of drug-likeness (QED) is 0.821. The first-order chi connectivity index (χ1) is 9.81. The van der Waals surface area contributed by atoms with Crippen LogP contribution in [0, 0.1) is 17.8 Å². The van der Waals surface area contributed by atoms with E-state index in [-0.39, 0.29) is 6.04 Å². The largest absolute Gasteiger partial charge is 0.481 e. The van der Waals surface area contributed by atoms with Crippen LogP contribution < -0.4 is 4.72 Å². The van der Waals surface area contributed by atoms with Gasteiger partial charge >= 0.3 is 5.97 Å². The van der Waals surface area contributed by atoms with Crippen molar-refractivity contribution >= 4 is 16.2 Å². The minimum atomic E-state index is -3.50. The molecule has 0 aromatic carbocycles. The highest BCUT2D eigenvalue weighted by molar-refractivity contribution is 7.87. The molecule has 2 N–H and O–H groups in total. The maximum Gasteiger partial charge on any atom is 0.306 e. The fraction of sp³-hybridized carbons (Fsp3) is 0.929. The normalized spacial score (nSPS) is 33.0. The number of hydrogen-bond acceptors (Lipinski definition) is 3. The number of rotatable bonds is 4. The Morgan fingerprint density at radius 1 is 1.14 bits per heavy atom. The lowest BCUT2D eigenvalue weighted by atomic mass is 9.78. The molecule has 6 nitrogen and oxygen atoms in total. The average Bonchev–Trinajstić information content (AvgIpc) is 2.44. The summed E-state index contributed by atoms with van der Waals surface area (Å²) in [5.74, 6) is -0.367. The summed E-state index contributed by atoms with van der Waals surface area (Å²) in [6.07, 6.45) is 3.89. The highest BCUT2D eigenvalue weighted by Gasteiger charge is 2.35. The van der Waals surface area contributed by atoms with Gasteiger partial charge in [0.25, 0.3) is 10.2 Å². The first-order valence-electron chi connectivity index (χ1n) is 7.81. The van der Waals surface area contributed by atoms with Crippen LogP contribution in [0.15, 0.2) is 0 Å². The smallest absolute Gasteiger partial charge is 0.306 e. The summed E-state index contributed by atoms with van der Waals surface area (Å²) in [7, 11) is -3.50. The molecule has 3 unspecified atom stereocenters. The number of carboxylic acids is 1. The van der Waals surface area contributed by atoms with Crippen molar-refractivity contribution in [3.8, 4) is 0 Å². The Morgan fingerprint density at radius 2 is 1.76 bits per heavy atom. The molecule has 2 rings (SSSR count). The highest BCUT2D eigenvalue weighted by Crippen LogP contribution is 2.30. The van der Waals surface area contributed by atoms with Crippen molar-refractivity contribution < 1.29 is 18.3 Å². The van der Waals surface area contributed by atoms with E-state index >= 15 is 0 Å². The summed E-state index contributed by atoms with van der Waals surface area (Å²) in [4.78, 5) is 10.9. The molecule has 1 aliphatic heterocycles. The molecule has 1 saturated heterocycles. The minimum absolute atomic E-state index is 0.00375. The van der Waals surface area contributed by atoms with Crippen LogP contribution in [0.25, 0.3) is 0 Å². The molecule has 122 valence electrons. The van der Waals surface area contributed by atoms with Gasteiger partial charge in [-0.3, -0.25) is 4.79 Å². The predicted molar refractivity (Wildman–Crippen MR) is 80.0 cm³/mol. The number of carbonyl (C=O) groups is 1. The third-order valence-corrected chi connectivity index (χ3v) is 6.80. The van der Waals surface area contributed by atoms with Crippen molar-refractivity contribution in [2.75, 3.05) is 13.1 Å². The van der Waals surface area contributed by atoms with Crippen molar-refractivity contribution in [2.24, 2.45) is 17.8 Å². The summed E-state index contributed by atoms with van der Waals surface area (Å²) in [6, 6.07) is -0.00375. The Bertz CT molecular complexity index is 471. The second-order valence-electron chi connectivity index (χ2n) is 6.51. The zero-order chi connectivity index (χ0) is 15.6. The van der Waals surface area contributed by atoms with E-state index in [9.17, 15) is 13.2 Å². The van der Waals surface area contributed by atoms with Gasteiger partial charge in [-0.2, -0.15) is 17.4 Å². The summed E-state index contributed by atoms with van der Waals surface area (Å²) in [5, 5.41) is 8.97. The van der Waals surface area contributed by atoms with E-state index in [1.54, 1.807) is 0 Å². The van der Waals surface area contributed by atoms with E-state index < -0.39 is 22.1 Å². The van der Waals surface area contributed by atoms with Crippen molar-refractivity contribution in [3.05, 3.63) is 0 Å². The third-order valence-electron chi connectivity index (χ3n) is 5.15. The van der Waals surface area contributed by atoms with Gasteiger partial charge < -0.3 is 5.11 Å². The SMILES string of the molecule is CC1CCCC(NS(=O)(=O)N2CCC(C(=O)O)CC2)C1C. The summed E-state index contributed by atoms with van der Waals surface area (Å²) >= 11 is 0. The maximum atomic E-state index is 12.4. The zero-order valence-corrected chi connectivity index (χ0v) is 13.6. The van der Waals surface area contributed by atoms with E-state index in [0.29, 0.717) is 37.8 Å². The van der Waals surface area contributed by atoms with Crippen molar-refractivity contribution in [2.45, 2.75) is 52.0 Å². The fourth-order valence-corrected chi connectivity index (χ4v) is 4.91. The number of hydrogen-bond donors (Lipinski definition) is 2. The maximum absolute atomic E-state index is 12.4. The standard InChI is InChI=1S/C14H26N2O4S/c1-10-4-3-5-13(11(10)2)15-21(19,20)16-8-6-12(7-9-16)14(17)18/h10-13,15H,3-9H2,1-2H3,(H,17,18). The van der Waals surface area contributed by atoms with Crippen LogP contribution in [0.2, 0.25) is 0 Å². The van der Waals surface area contributed by atoms with Crippen molar-refractivity contribution in [1.29, 1.82) is 0 Å². The van der Waals surface area contributed by atoms with Gasteiger partial charge in [-0.15, -0.1) is 0 Å². The number of carboxylic acid groups (broad SMARTS) is 1. The molecule has 3 atom stereocenters. The Labute approximate surface area is 127 Å². The van der Waals surface area contributed by atoms with Crippen LogP contribution in [-0.2, 0) is 15.0 Å². The Kier molecular flexibility index (Phi) is 5.27. The van der Waals surface area contributed by atoms with Gasteiger partial charge in [0.1, 0.15) is 0 Å². The van der Waals surface area contributed by atoms with Gasteiger partial charge in [-0.1, -0.05) is 26.7 Å². The lowest BCUT2D eigenvalue weighted by Gasteiger charge is -2.37. The van der Waals surface area contributed by atoms with E-state index in [2.05, 4.69) is 18.6 Å². The van der Waals surface area contributed by atoms with Crippen LogP contribution in [0.4, 0.5) is 0 Å². The number of aliphatic carboxylic acids is 1. The van der Waals surface area contributed by atoms with Gasteiger partial charge in [-0.25, -0.2) is 0 Å². The van der Waals surface area contributed by atoms with E-state index in [1.165, 1.54) is 4.31 Å². The lowest BCUT2D eigenvalue weighted by molar-refractivity contribution is -0.142. The fourth-order valence-electron chi connectivity index (χ4n) is 3.36. The molecule has 1 saturated carbocycles. The Morgan fingerprint density at radius 3 is 2.33 bits per heavy atom. The minimum Gasteiger partial charge on any atom is -0.481 e. The summed E-state index contributed by atoms with van der Waals surface area (Å²) in [6.45, 7) is 4.86. The molecule has 0 aromatic rings. The van der Waals surface area contributed by atoms with Crippen LogP contribution in [0.1, 0.15) is 46.0 Å². The molecule has 0 aromatic heterocycles. The van der Waals surface area contributed by atoms with Gasteiger partial charge in [0.15, 0.2) is 0 Å². The average molecular weight is 318 g/mol. The molecule has 2 aliphatic rings. The predicted octanol–water partition coefficient (Wildman–Crippen LogP) is 1.44. The van der Waals surface area contributed by atoms with Gasteiger partial charge in [-0.05, 0) is 31.1 Å². The van der Waals surface area contributed by atoms with Gasteiger partial charge in [0, 0.05) is 19.1 Å². The first kappa shape index (κ1) is 16.7. The summed E-state index contributed by atoms with van der Waals surface area (Å²) in [5.41, 5.74) is 0. The Hall–Kier alpha value is -0.660. The molecular weight excluding hydrogens is 292 g/mol. The van der Waals surface area contributed by atoms with E-state index in [4.69, 9.17) is 5.11 Å². The van der Waals surface area contributed by atoms with Gasteiger partial charge in [0.2, 0.25) is 0 Å². The molecule has 2 fully saturated rings. The highest BCUT2D eigenvalue weighted by atomic mass is 32.2. The summed E-state index contributed by atoms with van der Waals surface area (Å²) < 4.78 is 29.1. The second kappa shape index (κ2) is 6.62. The molecular formula is C14H26N2O4S. The third kappa shape index (κ3) is 3.96. The van der Waals surface area contributed by atoms with E-state index in [0.717, 1.165) is 19.3 Å². The first-order valence-corrected chi connectivity index (χ1v) is 9.25. The van der Waals surface area contributed by atoms with Gasteiger partial charge in [0.05, 0.1) is 5.92 Å². The number of piperidine rings is 1. The van der Waals surface area contributed by atoms with Crippen LogP contribution in [0.5, 0.6) is 0 Å². The molecule has 21 heavy (non-hydrogen) atoms. The molecule has 0 amide bonds. The molecule has 1 aliphatic carbocycles. The monoisotopic (exact) mass is 318 g/mol. The molecule has 1 heterocycles. The van der Waals surface area contributed by atoms with Crippen LogP contribution >= 0.6 is 0 Å². The molecule has 0 spiro atoms. The molecule has 0 bridgehead atoms. The molecule has 7 heteroatoms. The van der Waals surface area contributed by atoms with E-state index in [1.807, 2.05) is 0 Å². The number of nitrogens with zero attached hydrogens (tertiary/aromatic N) is 1. The second-order valence-corrected chi connectivity index (χ2v) is 8.21. The Balaban J connectivity index is 1.95. The van der Waals surface area contributed by atoms with Crippen molar-refractivity contribution in [3.63, 3.8) is 0 Å². The van der Waals surface area contributed by atoms with Crippen LogP contribution in [0.3, 0.4) is 0 Å². The molecule has 0 radical (unpaired) electrons. The van der Waals surface area contributed by atoms with Crippen molar-refractivity contribution in [1.82, 2.24) is 9.03 Å². The number of nitrogens with one attached hydrogen (secondary N) is 1.